The van der Waals surface area contributed by atoms with Crippen LogP contribution in [0.3, 0.4) is 0 Å². The number of rotatable bonds is 6. The van der Waals surface area contributed by atoms with Gasteiger partial charge in [0, 0.05) is 11.4 Å². The largest absolute Gasteiger partial charge is 0.468 e. The van der Waals surface area contributed by atoms with Crippen LogP contribution in [0.2, 0.25) is 0 Å². The first kappa shape index (κ1) is 16.8. The predicted molar refractivity (Wildman–Crippen MR) is 90.2 cm³/mol. The third-order valence-corrected chi connectivity index (χ3v) is 4.67. The molecule has 0 bridgehead atoms. The van der Waals surface area contributed by atoms with Crippen LogP contribution in [0.5, 0.6) is 0 Å². The van der Waals surface area contributed by atoms with E-state index in [1.165, 1.54) is 30.0 Å². The van der Waals surface area contributed by atoms with Crippen LogP contribution in [-0.2, 0) is 15.3 Å². The van der Waals surface area contributed by atoms with Gasteiger partial charge < -0.3 is 4.74 Å². The van der Waals surface area contributed by atoms with Crippen molar-refractivity contribution in [1.29, 1.82) is 0 Å². The van der Waals surface area contributed by atoms with Crippen LogP contribution >= 0.6 is 23.5 Å². The zero-order chi connectivity index (χ0) is 15.9. The van der Waals surface area contributed by atoms with Crippen LogP contribution in [0.4, 0.5) is 0 Å². The van der Waals surface area contributed by atoms with Crippen LogP contribution < -0.4 is 0 Å². The Morgan fingerprint density at radius 3 is 2.55 bits per heavy atom. The van der Waals surface area contributed by atoms with Crippen molar-refractivity contribution in [2.24, 2.45) is 0 Å². The highest BCUT2D eigenvalue weighted by Gasteiger charge is 2.07. The standard InChI is InChI=1S/C16H18N2O2S2/c1-11-4-6-13(7-5-11)9-22-16-17-12(2)8-14(18-16)21-10-15(19)20-3/h4-8H,9-10H2,1-3H3. The van der Waals surface area contributed by atoms with Gasteiger partial charge in [0.15, 0.2) is 5.16 Å². The molecule has 0 atom stereocenters. The van der Waals surface area contributed by atoms with Gasteiger partial charge in [0.1, 0.15) is 5.03 Å². The SMILES string of the molecule is COC(=O)CSc1cc(C)nc(SCc2ccc(C)cc2)n1. The zero-order valence-electron chi connectivity index (χ0n) is 12.8. The molecule has 4 nitrogen and oxygen atoms in total. The van der Waals surface area contributed by atoms with Crippen molar-refractivity contribution < 1.29 is 9.53 Å². The van der Waals surface area contributed by atoms with Crippen molar-refractivity contribution >= 4 is 29.5 Å². The van der Waals surface area contributed by atoms with Crippen molar-refractivity contribution in [3.8, 4) is 0 Å². The van der Waals surface area contributed by atoms with Crippen molar-refractivity contribution in [2.75, 3.05) is 12.9 Å². The van der Waals surface area contributed by atoms with Gasteiger partial charge in [-0.1, -0.05) is 53.4 Å². The number of hydrogen-bond acceptors (Lipinski definition) is 6. The number of aromatic nitrogens is 2. The summed E-state index contributed by atoms with van der Waals surface area (Å²) in [4.78, 5) is 20.1. The van der Waals surface area contributed by atoms with Gasteiger partial charge in [-0.2, -0.15) is 0 Å². The molecular weight excluding hydrogens is 316 g/mol. The Balaban J connectivity index is 1.99. The molecule has 0 saturated heterocycles. The minimum Gasteiger partial charge on any atom is -0.468 e. The molecule has 0 saturated carbocycles. The van der Waals surface area contributed by atoms with Crippen molar-refractivity contribution in [3.63, 3.8) is 0 Å². The minimum atomic E-state index is -0.255. The molecule has 0 fully saturated rings. The summed E-state index contributed by atoms with van der Waals surface area (Å²) in [5.74, 6) is 0.829. The Morgan fingerprint density at radius 2 is 1.86 bits per heavy atom. The van der Waals surface area contributed by atoms with E-state index in [1.54, 1.807) is 11.8 Å². The average molecular weight is 334 g/mol. The molecule has 1 aromatic carbocycles. The first-order valence-corrected chi connectivity index (χ1v) is 8.77. The molecule has 0 spiro atoms. The minimum absolute atomic E-state index is 0.255. The maximum atomic E-state index is 11.2. The Kier molecular flexibility index (Phi) is 6.27. The van der Waals surface area contributed by atoms with E-state index in [-0.39, 0.29) is 11.7 Å². The lowest BCUT2D eigenvalue weighted by molar-refractivity contribution is -0.137. The Bertz CT molecular complexity index is 645. The molecular formula is C16H18N2O2S2. The molecule has 0 aliphatic carbocycles. The zero-order valence-corrected chi connectivity index (χ0v) is 14.5. The Hall–Kier alpha value is -1.53. The number of benzene rings is 1. The predicted octanol–water partition coefficient (Wildman–Crippen LogP) is 3.65. The van der Waals surface area contributed by atoms with Crippen LogP contribution in [0.1, 0.15) is 16.8 Å². The van der Waals surface area contributed by atoms with Gasteiger partial charge in [0.2, 0.25) is 0 Å². The molecule has 0 aliphatic rings. The lowest BCUT2D eigenvalue weighted by Crippen LogP contribution is -2.03. The first-order chi connectivity index (χ1) is 10.6. The van der Waals surface area contributed by atoms with E-state index in [2.05, 4.69) is 45.9 Å². The fourth-order valence-corrected chi connectivity index (χ4v) is 3.38. The van der Waals surface area contributed by atoms with Crippen molar-refractivity contribution in [1.82, 2.24) is 9.97 Å². The van der Waals surface area contributed by atoms with Crippen LogP contribution in [0, 0.1) is 13.8 Å². The van der Waals surface area contributed by atoms with E-state index in [9.17, 15) is 4.79 Å². The fraction of sp³-hybridized carbons (Fsp3) is 0.312. The highest BCUT2D eigenvalue weighted by Crippen LogP contribution is 2.23. The quantitative estimate of drug-likeness (QED) is 0.348. The molecule has 1 heterocycles. The molecule has 0 N–H and O–H groups in total. The van der Waals surface area contributed by atoms with E-state index in [4.69, 9.17) is 0 Å². The number of esters is 1. The second kappa shape index (κ2) is 8.19. The number of thioether (sulfide) groups is 2. The van der Waals surface area contributed by atoms with E-state index in [0.29, 0.717) is 0 Å². The van der Waals surface area contributed by atoms with E-state index >= 15 is 0 Å². The molecule has 0 amide bonds. The van der Waals surface area contributed by atoms with Gasteiger partial charge in [-0.05, 0) is 25.5 Å². The third kappa shape index (κ3) is 5.35. The summed E-state index contributed by atoms with van der Waals surface area (Å²) >= 11 is 2.96. The molecule has 1 aromatic heterocycles. The number of ether oxygens (including phenoxy) is 1. The fourth-order valence-electron chi connectivity index (χ4n) is 1.68. The average Bonchev–Trinajstić information content (AvgIpc) is 2.51. The Morgan fingerprint density at radius 1 is 1.14 bits per heavy atom. The molecule has 0 radical (unpaired) electrons. The van der Waals surface area contributed by atoms with Crippen LogP contribution in [0.25, 0.3) is 0 Å². The maximum absolute atomic E-state index is 11.2. The monoisotopic (exact) mass is 334 g/mol. The van der Waals surface area contributed by atoms with Gasteiger partial charge in [-0.3, -0.25) is 4.79 Å². The third-order valence-electron chi connectivity index (χ3n) is 2.86. The van der Waals surface area contributed by atoms with Crippen molar-refractivity contribution in [2.45, 2.75) is 29.8 Å². The summed E-state index contributed by atoms with van der Waals surface area (Å²) in [5, 5.41) is 1.53. The number of hydrogen-bond donors (Lipinski definition) is 0. The Labute approximate surface area is 139 Å². The van der Waals surface area contributed by atoms with E-state index in [1.807, 2.05) is 13.0 Å². The molecule has 116 valence electrons. The van der Waals surface area contributed by atoms with Gasteiger partial charge in [0.25, 0.3) is 0 Å². The smallest absolute Gasteiger partial charge is 0.316 e. The highest BCUT2D eigenvalue weighted by atomic mass is 32.2. The highest BCUT2D eigenvalue weighted by molar-refractivity contribution is 8.00. The van der Waals surface area contributed by atoms with Crippen LogP contribution in [-0.4, -0.2) is 28.8 Å². The summed E-state index contributed by atoms with van der Waals surface area (Å²) in [7, 11) is 1.39. The topological polar surface area (TPSA) is 52.1 Å². The van der Waals surface area contributed by atoms with Gasteiger partial charge in [-0.15, -0.1) is 0 Å². The number of aryl methyl sites for hydroxylation is 2. The lowest BCUT2D eigenvalue weighted by Gasteiger charge is -2.05. The maximum Gasteiger partial charge on any atom is 0.316 e. The van der Waals surface area contributed by atoms with Crippen LogP contribution in [0.15, 0.2) is 40.5 Å². The summed E-state index contributed by atoms with van der Waals surface area (Å²) in [6, 6.07) is 10.3. The number of carbonyl (C=O) groups is 1. The molecule has 22 heavy (non-hydrogen) atoms. The first-order valence-electron chi connectivity index (χ1n) is 6.80. The number of methoxy groups -OCH3 is 1. The number of nitrogens with zero attached hydrogens (tertiary/aromatic N) is 2. The molecule has 2 aromatic rings. The van der Waals surface area contributed by atoms with Crippen molar-refractivity contribution in [3.05, 3.63) is 47.2 Å². The van der Waals surface area contributed by atoms with Gasteiger partial charge in [0.05, 0.1) is 12.9 Å². The summed E-state index contributed by atoms with van der Waals surface area (Å²) < 4.78 is 4.64. The van der Waals surface area contributed by atoms with Gasteiger partial charge >= 0.3 is 5.97 Å². The molecule has 0 aliphatic heterocycles. The lowest BCUT2D eigenvalue weighted by atomic mass is 10.2. The summed E-state index contributed by atoms with van der Waals surface area (Å²) in [6.07, 6.45) is 0. The van der Waals surface area contributed by atoms with Gasteiger partial charge in [-0.25, -0.2) is 9.97 Å². The molecule has 0 unspecified atom stereocenters. The number of carbonyl (C=O) groups excluding carboxylic acids is 1. The summed E-state index contributed by atoms with van der Waals surface area (Å²) in [6.45, 7) is 4.01. The summed E-state index contributed by atoms with van der Waals surface area (Å²) in [5.41, 5.74) is 3.39. The van der Waals surface area contributed by atoms with E-state index < -0.39 is 0 Å². The second-order valence-corrected chi connectivity index (χ2v) is 6.71. The second-order valence-electron chi connectivity index (χ2n) is 4.77. The van der Waals surface area contributed by atoms with E-state index in [0.717, 1.165) is 21.6 Å². The normalized spacial score (nSPS) is 10.5. The molecule has 6 heteroatoms. The molecule has 2 rings (SSSR count).